The normalized spacial score (nSPS) is 11.4. The van der Waals surface area contributed by atoms with Gasteiger partial charge >= 0.3 is 0 Å². The summed E-state index contributed by atoms with van der Waals surface area (Å²) in [7, 11) is 2.92. The van der Waals surface area contributed by atoms with E-state index in [1.165, 1.54) is 13.2 Å². The maximum atomic E-state index is 11.1. The van der Waals surface area contributed by atoms with E-state index in [4.69, 9.17) is 15.4 Å². The standard InChI is InChI=1S/C8H8BrClO4S/c1-13-5-14-6-2-3-7(9)8(4-6)15(10,11)12/h2-4H,5H2,1H3. The maximum absolute atomic E-state index is 11.1. The molecule has 0 aliphatic carbocycles. The summed E-state index contributed by atoms with van der Waals surface area (Å²) in [6.45, 7) is 0.0450. The number of ether oxygens (including phenoxy) is 2. The highest BCUT2D eigenvalue weighted by Gasteiger charge is 2.15. The largest absolute Gasteiger partial charge is 0.468 e. The lowest BCUT2D eigenvalue weighted by molar-refractivity contribution is 0.0509. The van der Waals surface area contributed by atoms with Crippen molar-refractivity contribution in [3.8, 4) is 5.75 Å². The first-order valence-electron chi connectivity index (χ1n) is 3.81. The zero-order valence-electron chi connectivity index (χ0n) is 7.74. The van der Waals surface area contributed by atoms with Crippen molar-refractivity contribution >= 4 is 35.7 Å². The second-order valence-corrected chi connectivity index (χ2v) is 5.97. The molecule has 1 aromatic rings. The van der Waals surface area contributed by atoms with E-state index in [0.29, 0.717) is 10.2 Å². The Morgan fingerprint density at radius 1 is 1.47 bits per heavy atom. The lowest BCUT2D eigenvalue weighted by Crippen LogP contribution is -2.00. The molecule has 0 fully saturated rings. The Labute approximate surface area is 101 Å². The average Bonchev–Trinajstić information content (AvgIpc) is 2.15. The number of benzene rings is 1. The SMILES string of the molecule is COCOc1ccc(Br)c(S(=O)(=O)Cl)c1. The molecule has 0 heterocycles. The maximum Gasteiger partial charge on any atom is 0.262 e. The van der Waals surface area contributed by atoms with E-state index in [9.17, 15) is 8.42 Å². The van der Waals surface area contributed by atoms with Crippen molar-refractivity contribution in [2.75, 3.05) is 13.9 Å². The number of hydrogen-bond acceptors (Lipinski definition) is 4. The quantitative estimate of drug-likeness (QED) is 0.632. The van der Waals surface area contributed by atoms with Crippen LogP contribution in [-0.4, -0.2) is 22.3 Å². The van der Waals surface area contributed by atoms with Crippen LogP contribution in [0.3, 0.4) is 0 Å². The van der Waals surface area contributed by atoms with E-state index in [2.05, 4.69) is 20.7 Å². The van der Waals surface area contributed by atoms with Crippen molar-refractivity contribution in [3.05, 3.63) is 22.7 Å². The molecule has 84 valence electrons. The van der Waals surface area contributed by atoms with Gasteiger partial charge in [0.25, 0.3) is 9.05 Å². The van der Waals surface area contributed by atoms with Gasteiger partial charge in [0, 0.05) is 28.3 Å². The number of rotatable bonds is 4. The van der Waals surface area contributed by atoms with E-state index >= 15 is 0 Å². The van der Waals surface area contributed by atoms with E-state index < -0.39 is 9.05 Å². The van der Waals surface area contributed by atoms with Crippen LogP contribution in [0.25, 0.3) is 0 Å². The third-order valence-electron chi connectivity index (χ3n) is 1.51. The summed E-state index contributed by atoms with van der Waals surface area (Å²) < 4.78 is 32.4. The monoisotopic (exact) mass is 314 g/mol. The van der Waals surface area contributed by atoms with Gasteiger partial charge in [-0.05, 0) is 28.1 Å². The molecule has 1 rings (SSSR count). The van der Waals surface area contributed by atoms with Crippen LogP contribution in [0, 0.1) is 0 Å². The highest BCUT2D eigenvalue weighted by Crippen LogP contribution is 2.28. The van der Waals surface area contributed by atoms with Gasteiger partial charge in [0.2, 0.25) is 0 Å². The average molecular weight is 316 g/mol. The van der Waals surface area contributed by atoms with Crippen molar-refractivity contribution in [2.45, 2.75) is 4.90 Å². The second kappa shape index (κ2) is 5.16. The van der Waals surface area contributed by atoms with Crippen molar-refractivity contribution in [3.63, 3.8) is 0 Å². The Bertz CT molecular complexity index is 446. The van der Waals surface area contributed by atoms with Crippen molar-refractivity contribution in [1.29, 1.82) is 0 Å². The van der Waals surface area contributed by atoms with Gasteiger partial charge in [0.05, 0.1) is 0 Å². The van der Waals surface area contributed by atoms with Crippen LogP contribution in [0.4, 0.5) is 0 Å². The van der Waals surface area contributed by atoms with E-state index in [-0.39, 0.29) is 11.7 Å². The molecule has 4 nitrogen and oxygen atoms in total. The van der Waals surface area contributed by atoms with Crippen molar-refractivity contribution < 1.29 is 17.9 Å². The van der Waals surface area contributed by atoms with E-state index in [1.807, 2.05) is 0 Å². The first kappa shape index (κ1) is 12.8. The van der Waals surface area contributed by atoms with E-state index in [1.54, 1.807) is 12.1 Å². The fourth-order valence-electron chi connectivity index (χ4n) is 0.887. The van der Waals surface area contributed by atoms with Gasteiger partial charge in [-0.15, -0.1) is 0 Å². The van der Waals surface area contributed by atoms with Gasteiger partial charge in [0.15, 0.2) is 6.79 Å². The van der Waals surface area contributed by atoms with Crippen LogP contribution < -0.4 is 4.74 Å². The van der Waals surface area contributed by atoms with Crippen LogP contribution >= 0.6 is 26.6 Å². The molecule has 0 saturated heterocycles. The van der Waals surface area contributed by atoms with Crippen LogP contribution in [0.15, 0.2) is 27.6 Å². The summed E-state index contributed by atoms with van der Waals surface area (Å²) in [6.07, 6.45) is 0. The van der Waals surface area contributed by atoms with Gasteiger partial charge in [-0.3, -0.25) is 0 Å². The summed E-state index contributed by atoms with van der Waals surface area (Å²) in [4.78, 5) is -0.0298. The van der Waals surface area contributed by atoms with Gasteiger partial charge in [-0.25, -0.2) is 8.42 Å². The molecule has 0 bridgehead atoms. The number of hydrogen-bond donors (Lipinski definition) is 0. The molecular formula is C8H8BrClO4S. The van der Waals surface area contributed by atoms with Crippen LogP contribution in [-0.2, 0) is 13.8 Å². The molecule has 0 unspecified atom stereocenters. The van der Waals surface area contributed by atoms with Crippen LogP contribution in [0.1, 0.15) is 0 Å². The molecule has 1 aromatic carbocycles. The summed E-state index contributed by atoms with van der Waals surface area (Å²) in [5, 5.41) is 0. The number of methoxy groups -OCH3 is 1. The molecular weight excluding hydrogens is 308 g/mol. The molecule has 0 aliphatic rings. The first-order chi connectivity index (χ1) is 6.95. The predicted octanol–water partition coefficient (Wildman–Crippen LogP) is 2.36. The predicted molar refractivity (Wildman–Crippen MR) is 59.7 cm³/mol. The summed E-state index contributed by atoms with van der Waals surface area (Å²) in [5.41, 5.74) is 0. The fraction of sp³-hybridized carbons (Fsp3) is 0.250. The lowest BCUT2D eigenvalue weighted by Gasteiger charge is -2.06. The van der Waals surface area contributed by atoms with Gasteiger partial charge < -0.3 is 9.47 Å². The third-order valence-corrected chi connectivity index (χ3v) is 3.82. The molecule has 7 heteroatoms. The Kier molecular flexibility index (Phi) is 4.39. The topological polar surface area (TPSA) is 52.6 Å². The summed E-state index contributed by atoms with van der Waals surface area (Å²) >= 11 is 3.08. The molecule has 15 heavy (non-hydrogen) atoms. The smallest absolute Gasteiger partial charge is 0.262 e. The molecule has 0 amide bonds. The van der Waals surface area contributed by atoms with Gasteiger partial charge in [-0.1, -0.05) is 0 Å². The molecule has 0 N–H and O–H groups in total. The Hall–Kier alpha value is -0.300. The zero-order chi connectivity index (χ0) is 11.5. The fourth-order valence-corrected chi connectivity index (χ4v) is 2.99. The third kappa shape index (κ3) is 3.64. The minimum absolute atomic E-state index is 0.0298. The molecule has 0 saturated carbocycles. The van der Waals surface area contributed by atoms with Crippen molar-refractivity contribution in [1.82, 2.24) is 0 Å². The Morgan fingerprint density at radius 2 is 2.13 bits per heavy atom. The Morgan fingerprint density at radius 3 is 2.67 bits per heavy atom. The van der Waals surface area contributed by atoms with E-state index in [0.717, 1.165) is 0 Å². The Balaban J connectivity index is 3.06. The highest BCUT2D eigenvalue weighted by molar-refractivity contribution is 9.10. The van der Waals surface area contributed by atoms with Gasteiger partial charge in [0.1, 0.15) is 10.6 Å². The summed E-state index contributed by atoms with van der Waals surface area (Å²) in [5.74, 6) is 0.374. The number of halogens is 2. The highest BCUT2D eigenvalue weighted by atomic mass is 79.9. The molecule has 0 radical (unpaired) electrons. The van der Waals surface area contributed by atoms with Gasteiger partial charge in [-0.2, -0.15) is 0 Å². The molecule has 0 aromatic heterocycles. The minimum Gasteiger partial charge on any atom is -0.468 e. The second-order valence-electron chi connectivity index (χ2n) is 2.58. The molecule has 0 atom stereocenters. The molecule has 0 aliphatic heterocycles. The zero-order valence-corrected chi connectivity index (χ0v) is 10.9. The first-order valence-corrected chi connectivity index (χ1v) is 6.91. The molecule has 0 spiro atoms. The van der Waals surface area contributed by atoms with Crippen LogP contribution in [0.5, 0.6) is 5.75 Å². The van der Waals surface area contributed by atoms with Crippen molar-refractivity contribution in [2.24, 2.45) is 0 Å². The summed E-state index contributed by atoms with van der Waals surface area (Å²) in [6, 6.07) is 4.47. The van der Waals surface area contributed by atoms with Crippen LogP contribution in [0.2, 0.25) is 0 Å². The minimum atomic E-state index is -3.78. The lowest BCUT2D eigenvalue weighted by atomic mass is 10.3.